The van der Waals surface area contributed by atoms with Gasteiger partial charge in [-0.1, -0.05) is 30.3 Å². The van der Waals surface area contributed by atoms with Crippen LogP contribution in [0.3, 0.4) is 0 Å². The van der Waals surface area contributed by atoms with Gasteiger partial charge >= 0.3 is 0 Å². The van der Waals surface area contributed by atoms with Gasteiger partial charge in [-0.2, -0.15) is 5.10 Å². The van der Waals surface area contributed by atoms with E-state index in [4.69, 9.17) is 0 Å². The van der Waals surface area contributed by atoms with Crippen LogP contribution < -0.4 is 5.32 Å². The number of benzene rings is 2. The molecule has 4 rings (SSSR count). The monoisotopic (exact) mass is 379 g/mol. The fourth-order valence-electron chi connectivity index (χ4n) is 3.75. The van der Waals surface area contributed by atoms with Crippen molar-refractivity contribution in [3.8, 4) is 0 Å². The third kappa shape index (κ3) is 4.09. The van der Waals surface area contributed by atoms with E-state index in [0.29, 0.717) is 11.6 Å². The molecule has 1 saturated heterocycles. The third-order valence-electron chi connectivity index (χ3n) is 5.19. The first kappa shape index (κ1) is 18.3. The van der Waals surface area contributed by atoms with Gasteiger partial charge in [-0.25, -0.2) is 9.37 Å². The van der Waals surface area contributed by atoms with Crippen LogP contribution in [0.25, 0.3) is 0 Å². The fourth-order valence-corrected chi connectivity index (χ4v) is 3.75. The zero-order valence-electron chi connectivity index (χ0n) is 15.4. The van der Waals surface area contributed by atoms with Crippen LogP contribution in [0.4, 0.5) is 10.1 Å². The third-order valence-corrected chi connectivity index (χ3v) is 5.19. The van der Waals surface area contributed by atoms with E-state index in [1.165, 1.54) is 18.5 Å². The second-order valence-corrected chi connectivity index (χ2v) is 6.99. The zero-order valence-corrected chi connectivity index (χ0v) is 15.4. The van der Waals surface area contributed by atoms with Crippen molar-refractivity contribution in [1.29, 1.82) is 0 Å². The summed E-state index contributed by atoms with van der Waals surface area (Å²) in [6.07, 6.45) is 3.34. The average molecular weight is 379 g/mol. The van der Waals surface area contributed by atoms with Crippen LogP contribution in [-0.2, 0) is 4.79 Å². The Morgan fingerprint density at radius 2 is 1.82 bits per heavy atom. The number of anilines is 1. The van der Waals surface area contributed by atoms with Gasteiger partial charge in [0.1, 0.15) is 24.0 Å². The zero-order chi connectivity index (χ0) is 19.3. The van der Waals surface area contributed by atoms with Crippen molar-refractivity contribution in [2.24, 2.45) is 0 Å². The Kier molecular flexibility index (Phi) is 5.43. The number of aromatic amines is 1. The van der Waals surface area contributed by atoms with Crippen LogP contribution in [-0.4, -0.2) is 39.1 Å². The number of amides is 1. The van der Waals surface area contributed by atoms with Crippen LogP contribution in [0, 0.1) is 5.82 Å². The molecule has 144 valence electrons. The summed E-state index contributed by atoms with van der Waals surface area (Å²) in [7, 11) is 0. The minimum absolute atomic E-state index is 0.115. The van der Waals surface area contributed by atoms with Gasteiger partial charge in [-0.05, 0) is 55.8 Å². The average Bonchev–Trinajstić information content (AvgIpc) is 3.26. The lowest BCUT2D eigenvalue weighted by Gasteiger charge is -2.36. The molecule has 2 N–H and O–H groups in total. The van der Waals surface area contributed by atoms with Gasteiger partial charge in [0.05, 0.1) is 0 Å². The van der Waals surface area contributed by atoms with E-state index < -0.39 is 6.04 Å². The Labute approximate surface area is 162 Å². The summed E-state index contributed by atoms with van der Waals surface area (Å²) in [5, 5.41) is 9.82. The van der Waals surface area contributed by atoms with Crippen LogP contribution in [0.2, 0.25) is 0 Å². The molecule has 2 aromatic carbocycles. The first-order valence-corrected chi connectivity index (χ1v) is 9.41. The molecule has 3 aromatic rings. The molecule has 0 radical (unpaired) electrons. The Bertz CT molecular complexity index is 890. The van der Waals surface area contributed by atoms with E-state index in [1.807, 2.05) is 30.3 Å². The summed E-state index contributed by atoms with van der Waals surface area (Å²) in [4.78, 5) is 19.6. The first-order chi connectivity index (χ1) is 13.7. The number of halogens is 1. The SMILES string of the molecule is O=C(Nc1ccc(F)cc1)[C@@H](c1ccccc1)N1CCC(c2ncn[nH]2)CC1. The molecule has 7 heteroatoms. The van der Waals surface area contributed by atoms with Crippen molar-refractivity contribution in [3.05, 3.63) is 78.1 Å². The van der Waals surface area contributed by atoms with E-state index in [2.05, 4.69) is 25.4 Å². The van der Waals surface area contributed by atoms with E-state index in [-0.39, 0.29) is 11.7 Å². The number of hydrogen-bond donors (Lipinski definition) is 2. The number of rotatable bonds is 5. The Morgan fingerprint density at radius 1 is 1.11 bits per heavy atom. The highest BCUT2D eigenvalue weighted by Crippen LogP contribution is 2.31. The number of carbonyl (C=O) groups is 1. The van der Waals surface area contributed by atoms with Crippen molar-refractivity contribution in [3.63, 3.8) is 0 Å². The van der Waals surface area contributed by atoms with E-state index in [0.717, 1.165) is 37.3 Å². The smallest absolute Gasteiger partial charge is 0.246 e. The summed E-state index contributed by atoms with van der Waals surface area (Å²) < 4.78 is 13.2. The van der Waals surface area contributed by atoms with Gasteiger partial charge < -0.3 is 5.32 Å². The molecule has 1 aliphatic rings. The van der Waals surface area contributed by atoms with Crippen LogP contribution >= 0.6 is 0 Å². The van der Waals surface area contributed by atoms with Crippen molar-refractivity contribution in [2.45, 2.75) is 24.8 Å². The Balaban J connectivity index is 1.51. The molecule has 1 amide bonds. The molecule has 6 nitrogen and oxygen atoms in total. The minimum atomic E-state index is -0.401. The molecule has 1 fully saturated rings. The van der Waals surface area contributed by atoms with Gasteiger partial charge in [0.25, 0.3) is 0 Å². The second kappa shape index (κ2) is 8.31. The van der Waals surface area contributed by atoms with Crippen LogP contribution in [0.15, 0.2) is 60.9 Å². The summed E-state index contributed by atoms with van der Waals surface area (Å²) in [5.41, 5.74) is 1.53. The number of carbonyl (C=O) groups excluding carboxylic acids is 1. The standard InChI is InChI=1S/C21H22FN5O/c22-17-6-8-18(9-7-17)25-21(28)19(15-4-2-1-3-5-15)27-12-10-16(11-13-27)20-23-14-24-26-20/h1-9,14,16,19H,10-13H2,(H,25,28)(H,23,24,26)/t19-/m1/s1. The topological polar surface area (TPSA) is 73.9 Å². The quantitative estimate of drug-likeness (QED) is 0.712. The van der Waals surface area contributed by atoms with Crippen molar-refractivity contribution in [1.82, 2.24) is 20.1 Å². The predicted octanol–water partition coefficient (Wildman–Crippen LogP) is 3.50. The fraction of sp³-hybridized carbons (Fsp3) is 0.286. The normalized spacial score (nSPS) is 16.6. The number of piperidine rings is 1. The summed E-state index contributed by atoms with van der Waals surface area (Å²) in [5.74, 6) is 0.796. The van der Waals surface area contributed by atoms with Gasteiger partial charge in [0.2, 0.25) is 5.91 Å². The van der Waals surface area contributed by atoms with Gasteiger partial charge in [-0.3, -0.25) is 14.8 Å². The molecule has 1 aromatic heterocycles. The Morgan fingerprint density at radius 3 is 2.46 bits per heavy atom. The summed E-state index contributed by atoms with van der Waals surface area (Å²) >= 11 is 0. The van der Waals surface area contributed by atoms with Crippen molar-refractivity contribution < 1.29 is 9.18 Å². The number of likely N-dealkylation sites (tertiary alicyclic amines) is 1. The minimum Gasteiger partial charge on any atom is -0.324 e. The lowest BCUT2D eigenvalue weighted by molar-refractivity contribution is -0.122. The van der Waals surface area contributed by atoms with Crippen molar-refractivity contribution >= 4 is 11.6 Å². The van der Waals surface area contributed by atoms with Crippen LogP contribution in [0.5, 0.6) is 0 Å². The molecule has 1 atom stereocenters. The van der Waals surface area contributed by atoms with Gasteiger partial charge in [-0.15, -0.1) is 0 Å². The van der Waals surface area contributed by atoms with Crippen molar-refractivity contribution in [2.75, 3.05) is 18.4 Å². The Hall–Kier alpha value is -3.06. The number of nitrogens with zero attached hydrogens (tertiary/aromatic N) is 3. The van der Waals surface area contributed by atoms with E-state index in [1.54, 1.807) is 12.1 Å². The highest BCUT2D eigenvalue weighted by molar-refractivity contribution is 5.95. The summed E-state index contributed by atoms with van der Waals surface area (Å²) in [6, 6.07) is 15.2. The van der Waals surface area contributed by atoms with E-state index in [9.17, 15) is 9.18 Å². The molecule has 0 saturated carbocycles. The maximum atomic E-state index is 13.2. The highest BCUT2D eigenvalue weighted by atomic mass is 19.1. The maximum Gasteiger partial charge on any atom is 0.246 e. The summed E-state index contributed by atoms with van der Waals surface area (Å²) in [6.45, 7) is 1.56. The lowest BCUT2D eigenvalue weighted by atomic mass is 9.93. The largest absolute Gasteiger partial charge is 0.324 e. The molecule has 0 spiro atoms. The number of H-pyrrole nitrogens is 1. The maximum absolute atomic E-state index is 13.2. The first-order valence-electron chi connectivity index (χ1n) is 9.41. The molecule has 1 aliphatic heterocycles. The predicted molar refractivity (Wildman–Crippen MR) is 104 cm³/mol. The molecule has 0 aliphatic carbocycles. The molecule has 2 heterocycles. The molecular formula is C21H22FN5O. The van der Waals surface area contributed by atoms with Crippen LogP contribution in [0.1, 0.15) is 36.2 Å². The van der Waals surface area contributed by atoms with Gasteiger partial charge in [0, 0.05) is 11.6 Å². The van der Waals surface area contributed by atoms with E-state index >= 15 is 0 Å². The molecular weight excluding hydrogens is 357 g/mol. The second-order valence-electron chi connectivity index (χ2n) is 6.99. The number of hydrogen-bond acceptors (Lipinski definition) is 4. The highest BCUT2D eigenvalue weighted by Gasteiger charge is 2.32. The number of aromatic nitrogens is 3. The lowest BCUT2D eigenvalue weighted by Crippen LogP contribution is -2.41. The number of nitrogens with one attached hydrogen (secondary N) is 2. The molecule has 0 unspecified atom stereocenters. The molecule has 0 bridgehead atoms. The van der Waals surface area contributed by atoms with Gasteiger partial charge in [0.15, 0.2) is 0 Å². The molecule has 28 heavy (non-hydrogen) atoms.